The first kappa shape index (κ1) is 18.2. The number of benzene rings is 1. The van der Waals surface area contributed by atoms with E-state index in [0.717, 1.165) is 22.2 Å². The van der Waals surface area contributed by atoms with Crippen LogP contribution in [-0.4, -0.2) is 37.4 Å². The second kappa shape index (κ2) is 8.59. The Morgan fingerprint density at radius 1 is 1.24 bits per heavy atom. The highest BCUT2D eigenvalue weighted by Crippen LogP contribution is 2.51. The average molecular weight is 331 g/mol. The van der Waals surface area contributed by atoms with E-state index in [1.807, 2.05) is 24.3 Å². The van der Waals surface area contributed by atoms with E-state index < -0.39 is 7.60 Å². The molecule has 0 unspecified atom stereocenters. The fourth-order valence-electron chi connectivity index (χ4n) is 1.64. The summed E-state index contributed by atoms with van der Waals surface area (Å²) in [6, 6.07) is 7.39. The van der Waals surface area contributed by atoms with Crippen LogP contribution in [0.2, 0.25) is 0 Å². The van der Waals surface area contributed by atoms with Gasteiger partial charge in [0.1, 0.15) is 0 Å². The maximum Gasteiger partial charge on any atom is 0.335 e. The van der Waals surface area contributed by atoms with Crippen molar-refractivity contribution in [2.75, 3.05) is 27.3 Å². The van der Waals surface area contributed by atoms with Crippen LogP contribution < -0.4 is 0 Å². The minimum atomic E-state index is -3.12. The van der Waals surface area contributed by atoms with Gasteiger partial charge in [-0.15, -0.1) is 0 Å². The SMILES string of the molecule is CCOP(=O)(Cc1cccc(SC(=O)N(C)C)c1)OCC. The molecule has 0 radical (unpaired) electrons. The number of hydrogen-bond acceptors (Lipinski definition) is 5. The van der Waals surface area contributed by atoms with Gasteiger partial charge >= 0.3 is 7.60 Å². The van der Waals surface area contributed by atoms with Crippen LogP contribution in [0.4, 0.5) is 4.79 Å². The molecule has 5 nitrogen and oxygen atoms in total. The molecule has 1 amide bonds. The largest absolute Gasteiger partial charge is 0.339 e. The molecule has 0 spiro atoms. The van der Waals surface area contributed by atoms with Gasteiger partial charge in [-0.05, 0) is 43.3 Å². The van der Waals surface area contributed by atoms with Gasteiger partial charge in [0.2, 0.25) is 0 Å². The maximum absolute atomic E-state index is 12.5. The summed E-state index contributed by atoms with van der Waals surface area (Å²) in [5.41, 5.74) is 0.830. The first-order valence-corrected chi connectivity index (χ1v) is 9.31. The summed E-state index contributed by atoms with van der Waals surface area (Å²) in [5.74, 6) is 0. The van der Waals surface area contributed by atoms with Gasteiger partial charge in [-0.1, -0.05) is 12.1 Å². The Hall–Kier alpha value is -0.810. The van der Waals surface area contributed by atoms with Crippen molar-refractivity contribution in [3.63, 3.8) is 0 Å². The van der Waals surface area contributed by atoms with E-state index in [1.165, 1.54) is 4.90 Å². The maximum atomic E-state index is 12.5. The lowest BCUT2D eigenvalue weighted by molar-refractivity contribution is 0.219. The van der Waals surface area contributed by atoms with Gasteiger partial charge in [0.15, 0.2) is 0 Å². The predicted molar refractivity (Wildman–Crippen MR) is 85.9 cm³/mol. The van der Waals surface area contributed by atoms with E-state index in [1.54, 1.807) is 27.9 Å². The minimum absolute atomic E-state index is 0.0510. The van der Waals surface area contributed by atoms with Crippen molar-refractivity contribution >= 4 is 24.6 Å². The fraction of sp³-hybridized carbons (Fsp3) is 0.500. The summed E-state index contributed by atoms with van der Waals surface area (Å²) in [6.45, 7) is 4.25. The number of carbonyl (C=O) groups is 1. The Labute approximate surface area is 130 Å². The lowest BCUT2D eigenvalue weighted by atomic mass is 10.2. The number of hydrogen-bond donors (Lipinski definition) is 0. The van der Waals surface area contributed by atoms with Crippen molar-refractivity contribution in [2.24, 2.45) is 0 Å². The molecule has 0 aliphatic carbocycles. The highest BCUT2D eigenvalue weighted by molar-refractivity contribution is 8.13. The molecule has 0 saturated carbocycles. The smallest absolute Gasteiger partial charge is 0.335 e. The summed E-state index contributed by atoms with van der Waals surface area (Å²) in [6.07, 6.45) is 0.208. The summed E-state index contributed by atoms with van der Waals surface area (Å²) >= 11 is 1.13. The second-order valence-electron chi connectivity index (χ2n) is 4.51. The van der Waals surface area contributed by atoms with E-state index in [4.69, 9.17) is 9.05 Å². The van der Waals surface area contributed by atoms with Crippen molar-refractivity contribution in [1.82, 2.24) is 4.90 Å². The topological polar surface area (TPSA) is 55.8 Å². The Morgan fingerprint density at radius 3 is 2.38 bits per heavy atom. The molecule has 0 atom stereocenters. The Balaban J connectivity index is 2.84. The van der Waals surface area contributed by atoms with E-state index in [0.29, 0.717) is 13.2 Å². The summed E-state index contributed by atoms with van der Waals surface area (Å²) < 4.78 is 23.1. The quantitative estimate of drug-likeness (QED) is 0.553. The van der Waals surface area contributed by atoms with Gasteiger partial charge in [-0.25, -0.2) is 0 Å². The van der Waals surface area contributed by atoms with Crippen molar-refractivity contribution < 1.29 is 18.4 Å². The molecule has 0 heterocycles. The van der Waals surface area contributed by atoms with Gasteiger partial charge in [0.05, 0.1) is 19.4 Å². The first-order valence-electron chi connectivity index (χ1n) is 6.76. The predicted octanol–water partition coefficient (Wildman–Crippen LogP) is 4.23. The molecule has 1 aromatic rings. The van der Waals surface area contributed by atoms with Crippen molar-refractivity contribution in [2.45, 2.75) is 24.9 Å². The lowest BCUT2D eigenvalue weighted by Crippen LogP contribution is -2.16. The summed E-state index contributed by atoms with van der Waals surface area (Å²) in [4.78, 5) is 14.0. The van der Waals surface area contributed by atoms with Gasteiger partial charge in [0.25, 0.3) is 5.24 Å². The van der Waals surface area contributed by atoms with Crippen LogP contribution in [0.5, 0.6) is 0 Å². The summed E-state index contributed by atoms with van der Waals surface area (Å²) in [7, 11) is 0.293. The monoisotopic (exact) mass is 331 g/mol. The molecule has 1 aromatic carbocycles. The second-order valence-corrected chi connectivity index (χ2v) is 7.59. The third-order valence-corrected chi connectivity index (χ3v) is 5.58. The lowest BCUT2D eigenvalue weighted by Gasteiger charge is -2.17. The zero-order valence-electron chi connectivity index (χ0n) is 12.9. The Bertz CT molecular complexity index is 511. The Morgan fingerprint density at radius 2 is 1.86 bits per heavy atom. The molecular formula is C14H22NO4PS. The standard InChI is InChI=1S/C14H22NO4PS/c1-5-18-20(17,19-6-2)11-12-8-7-9-13(10-12)21-14(16)15(3)4/h7-10H,5-6,11H2,1-4H3. The number of nitrogens with zero attached hydrogens (tertiary/aromatic N) is 1. The van der Waals surface area contributed by atoms with Crippen LogP contribution in [-0.2, 0) is 19.8 Å². The molecule has 0 N–H and O–H groups in total. The van der Waals surface area contributed by atoms with Gasteiger partial charge < -0.3 is 13.9 Å². The normalized spacial score (nSPS) is 11.4. The van der Waals surface area contributed by atoms with Gasteiger partial charge in [-0.3, -0.25) is 9.36 Å². The zero-order chi connectivity index (χ0) is 15.9. The first-order chi connectivity index (χ1) is 9.90. The molecule has 1 rings (SSSR count). The van der Waals surface area contributed by atoms with Crippen molar-refractivity contribution in [3.05, 3.63) is 29.8 Å². The third-order valence-electron chi connectivity index (χ3n) is 2.50. The van der Waals surface area contributed by atoms with Crippen LogP contribution in [0.1, 0.15) is 19.4 Å². The average Bonchev–Trinajstić information content (AvgIpc) is 2.39. The van der Waals surface area contributed by atoms with E-state index >= 15 is 0 Å². The van der Waals surface area contributed by atoms with Gasteiger partial charge in [-0.2, -0.15) is 0 Å². The fourth-order valence-corrected chi connectivity index (χ4v) is 4.07. The molecule has 0 fully saturated rings. The van der Waals surface area contributed by atoms with Crippen LogP contribution in [0.25, 0.3) is 0 Å². The van der Waals surface area contributed by atoms with E-state index in [-0.39, 0.29) is 11.4 Å². The number of thioether (sulfide) groups is 1. The number of amides is 1. The molecule has 0 aliphatic heterocycles. The molecule has 0 aromatic heterocycles. The number of rotatable bonds is 7. The van der Waals surface area contributed by atoms with Crippen molar-refractivity contribution in [3.8, 4) is 0 Å². The van der Waals surface area contributed by atoms with E-state index in [2.05, 4.69) is 0 Å². The summed E-state index contributed by atoms with van der Waals surface area (Å²) in [5, 5.41) is -0.0510. The van der Waals surface area contributed by atoms with Gasteiger partial charge in [0, 0.05) is 19.0 Å². The van der Waals surface area contributed by atoms with Crippen molar-refractivity contribution in [1.29, 1.82) is 0 Å². The van der Waals surface area contributed by atoms with Crippen LogP contribution in [0.15, 0.2) is 29.2 Å². The van der Waals surface area contributed by atoms with Crippen LogP contribution in [0.3, 0.4) is 0 Å². The molecule has 7 heteroatoms. The van der Waals surface area contributed by atoms with Crippen LogP contribution >= 0.6 is 19.4 Å². The molecule has 0 aliphatic rings. The van der Waals surface area contributed by atoms with E-state index in [9.17, 15) is 9.36 Å². The highest BCUT2D eigenvalue weighted by atomic mass is 32.2. The van der Waals surface area contributed by atoms with Crippen LogP contribution in [0, 0.1) is 0 Å². The third kappa shape index (κ3) is 6.22. The molecule has 21 heavy (non-hydrogen) atoms. The molecular weight excluding hydrogens is 309 g/mol. The molecule has 0 bridgehead atoms. The zero-order valence-corrected chi connectivity index (χ0v) is 14.6. The molecule has 0 saturated heterocycles. The molecule has 118 valence electrons. The highest BCUT2D eigenvalue weighted by Gasteiger charge is 2.24. The number of carbonyl (C=O) groups excluding carboxylic acids is 1. The minimum Gasteiger partial charge on any atom is -0.339 e. The Kier molecular flexibility index (Phi) is 7.46.